The van der Waals surface area contributed by atoms with Gasteiger partial charge in [0, 0.05) is 5.56 Å². The smallest absolute Gasteiger partial charge is 0.339 e. The van der Waals surface area contributed by atoms with Crippen LogP contribution >= 0.6 is 0 Å². The van der Waals surface area contributed by atoms with E-state index in [4.69, 9.17) is 10.2 Å². The Morgan fingerprint density at radius 2 is 1.67 bits per heavy atom. The molecular weight excluding hydrogens is 204 g/mol. The number of carbonyl (C=O) groups is 2. The minimum atomic E-state index is -1.40. The molecule has 1 aromatic rings. The second-order valence-electron chi connectivity index (χ2n) is 2.87. The first-order chi connectivity index (χ1) is 6.91. The average molecular weight is 212 g/mol. The van der Waals surface area contributed by atoms with Crippen molar-refractivity contribution in [3.05, 3.63) is 23.3 Å². The van der Waals surface area contributed by atoms with Crippen LogP contribution in [0.4, 0.5) is 0 Å². The lowest BCUT2D eigenvalue weighted by Gasteiger charge is -2.05. The summed E-state index contributed by atoms with van der Waals surface area (Å²) < 4.78 is 0. The summed E-state index contributed by atoms with van der Waals surface area (Å²) in [4.78, 5) is 20.9. The summed E-state index contributed by atoms with van der Waals surface area (Å²) in [6.45, 7) is 0. The highest BCUT2D eigenvalue weighted by Gasteiger charge is 2.15. The molecule has 0 heterocycles. The summed E-state index contributed by atoms with van der Waals surface area (Å²) in [6, 6.07) is 1.74. The van der Waals surface area contributed by atoms with Gasteiger partial charge in [-0.2, -0.15) is 0 Å². The van der Waals surface area contributed by atoms with Crippen LogP contribution in [-0.4, -0.2) is 32.4 Å². The van der Waals surface area contributed by atoms with E-state index in [-0.39, 0.29) is 5.56 Å². The number of benzene rings is 1. The number of aromatic carboxylic acids is 1. The van der Waals surface area contributed by atoms with Crippen molar-refractivity contribution in [2.45, 2.75) is 6.42 Å². The van der Waals surface area contributed by atoms with E-state index in [1.807, 2.05) is 0 Å². The molecule has 0 spiro atoms. The highest BCUT2D eigenvalue weighted by molar-refractivity contribution is 5.91. The highest BCUT2D eigenvalue weighted by atomic mass is 16.4. The van der Waals surface area contributed by atoms with Crippen LogP contribution in [0.1, 0.15) is 15.9 Å². The summed E-state index contributed by atoms with van der Waals surface area (Å²) in [5, 5.41) is 35.5. The van der Waals surface area contributed by atoms with Gasteiger partial charge in [-0.05, 0) is 12.1 Å². The topological polar surface area (TPSA) is 115 Å². The lowest BCUT2D eigenvalue weighted by atomic mass is 10.1. The summed E-state index contributed by atoms with van der Waals surface area (Å²) in [7, 11) is 0. The van der Waals surface area contributed by atoms with Gasteiger partial charge in [0.15, 0.2) is 0 Å². The van der Waals surface area contributed by atoms with Crippen molar-refractivity contribution in [1.29, 1.82) is 0 Å². The van der Waals surface area contributed by atoms with Crippen molar-refractivity contribution < 1.29 is 30.0 Å². The first kappa shape index (κ1) is 10.8. The van der Waals surface area contributed by atoms with Crippen molar-refractivity contribution in [2.24, 2.45) is 0 Å². The molecular formula is C9H8O6. The van der Waals surface area contributed by atoms with Crippen LogP contribution in [0.2, 0.25) is 0 Å². The van der Waals surface area contributed by atoms with Crippen LogP contribution in [-0.2, 0) is 11.2 Å². The van der Waals surface area contributed by atoms with E-state index in [9.17, 15) is 19.8 Å². The van der Waals surface area contributed by atoms with E-state index in [1.165, 1.54) is 0 Å². The molecule has 15 heavy (non-hydrogen) atoms. The van der Waals surface area contributed by atoms with Crippen LogP contribution in [0, 0.1) is 0 Å². The van der Waals surface area contributed by atoms with Crippen LogP contribution in [0.3, 0.4) is 0 Å². The standard InChI is InChI=1S/C9H8O6/c10-6-3-5(9(14)15)7(11)1-4(6)2-8(12)13/h1,3,10-11H,2H2,(H,12,13)(H,14,15). The fraction of sp³-hybridized carbons (Fsp3) is 0.111. The molecule has 0 aliphatic rings. The Hall–Kier alpha value is -2.24. The van der Waals surface area contributed by atoms with Crippen LogP contribution < -0.4 is 0 Å². The maximum Gasteiger partial charge on any atom is 0.339 e. The van der Waals surface area contributed by atoms with Gasteiger partial charge in [0.2, 0.25) is 0 Å². The molecule has 0 aliphatic heterocycles. The second-order valence-corrected chi connectivity index (χ2v) is 2.87. The molecule has 0 aromatic heterocycles. The third-order valence-corrected chi connectivity index (χ3v) is 1.77. The Balaban J connectivity index is 3.19. The van der Waals surface area contributed by atoms with E-state index < -0.39 is 35.4 Å². The second kappa shape index (κ2) is 3.87. The number of hydrogen-bond donors (Lipinski definition) is 4. The van der Waals surface area contributed by atoms with Gasteiger partial charge in [-0.3, -0.25) is 4.79 Å². The zero-order valence-electron chi connectivity index (χ0n) is 7.47. The Kier molecular flexibility index (Phi) is 2.80. The van der Waals surface area contributed by atoms with E-state index in [1.54, 1.807) is 0 Å². The molecule has 1 aromatic carbocycles. The lowest BCUT2D eigenvalue weighted by Crippen LogP contribution is -2.02. The predicted octanol–water partition coefficient (Wildman–Crippen LogP) is 0.423. The van der Waals surface area contributed by atoms with Gasteiger partial charge in [0.25, 0.3) is 0 Å². The number of aromatic hydroxyl groups is 2. The Labute approximate surface area is 84.0 Å². The van der Waals surface area contributed by atoms with E-state index in [0.717, 1.165) is 12.1 Å². The molecule has 0 aliphatic carbocycles. The SMILES string of the molecule is O=C(O)Cc1cc(O)c(C(=O)O)cc1O. The molecule has 0 radical (unpaired) electrons. The van der Waals surface area contributed by atoms with Gasteiger partial charge >= 0.3 is 11.9 Å². The molecule has 80 valence electrons. The quantitative estimate of drug-likeness (QED) is 0.540. The Morgan fingerprint density at radius 1 is 1.07 bits per heavy atom. The summed E-state index contributed by atoms with van der Waals surface area (Å²) in [5.41, 5.74) is -0.508. The summed E-state index contributed by atoms with van der Waals surface area (Å²) in [6.07, 6.45) is -0.487. The van der Waals surface area contributed by atoms with Crippen molar-refractivity contribution >= 4 is 11.9 Å². The molecule has 6 heteroatoms. The average Bonchev–Trinajstić information content (AvgIpc) is 2.09. The zero-order valence-corrected chi connectivity index (χ0v) is 7.47. The maximum atomic E-state index is 10.5. The third-order valence-electron chi connectivity index (χ3n) is 1.77. The third kappa shape index (κ3) is 2.37. The fourth-order valence-corrected chi connectivity index (χ4v) is 1.10. The van der Waals surface area contributed by atoms with Crippen molar-refractivity contribution in [3.8, 4) is 11.5 Å². The van der Waals surface area contributed by atoms with Gasteiger partial charge in [-0.25, -0.2) is 4.79 Å². The molecule has 1 rings (SSSR count). The van der Waals surface area contributed by atoms with Crippen molar-refractivity contribution in [1.82, 2.24) is 0 Å². The normalized spacial score (nSPS) is 9.87. The van der Waals surface area contributed by atoms with Crippen molar-refractivity contribution in [3.63, 3.8) is 0 Å². The molecule has 0 unspecified atom stereocenters. The number of phenolic OH excluding ortho intramolecular Hbond substituents is 1. The van der Waals surface area contributed by atoms with Gasteiger partial charge in [0.1, 0.15) is 17.1 Å². The zero-order chi connectivity index (χ0) is 11.6. The molecule has 0 saturated heterocycles. The van der Waals surface area contributed by atoms with Gasteiger partial charge < -0.3 is 20.4 Å². The lowest BCUT2D eigenvalue weighted by molar-refractivity contribution is -0.136. The maximum absolute atomic E-state index is 10.5. The first-order valence-corrected chi connectivity index (χ1v) is 3.91. The fourth-order valence-electron chi connectivity index (χ4n) is 1.10. The number of hydrogen-bond acceptors (Lipinski definition) is 4. The largest absolute Gasteiger partial charge is 0.508 e. The number of carboxylic acids is 2. The highest BCUT2D eigenvalue weighted by Crippen LogP contribution is 2.27. The molecule has 0 fully saturated rings. The van der Waals surface area contributed by atoms with Crippen LogP contribution in [0.5, 0.6) is 11.5 Å². The number of aliphatic carboxylic acids is 1. The molecule has 4 N–H and O–H groups in total. The van der Waals surface area contributed by atoms with Crippen molar-refractivity contribution in [2.75, 3.05) is 0 Å². The Bertz CT molecular complexity index is 423. The first-order valence-electron chi connectivity index (χ1n) is 3.91. The summed E-state index contributed by atoms with van der Waals surface area (Å²) in [5.74, 6) is -3.62. The van der Waals surface area contributed by atoms with Crippen LogP contribution in [0.15, 0.2) is 12.1 Å². The number of carboxylic acid groups (broad SMARTS) is 2. The van der Waals surface area contributed by atoms with E-state index in [2.05, 4.69) is 0 Å². The minimum absolute atomic E-state index is 0.0370. The van der Waals surface area contributed by atoms with E-state index >= 15 is 0 Å². The van der Waals surface area contributed by atoms with Gasteiger partial charge in [0.05, 0.1) is 6.42 Å². The molecule has 6 nitrogen and oxygen atoms in total. The molecule has 0 amide bonds. The van der Waals surface area contributed by atoms with Crippen LogP contribution in [0.25, 0.3) is 0 Å². The Morgan fingerprint density at radius 3 is 2.13 bits per heavy atom. The predicted molar refractivity (Wildman–Crippen MR) is 48.1 cm³/mol. The van der Waals surface area contributed by atoms with E-state index in [0.29, 0.717) is 0 Å². The number of phenols is 2. The van der Waals surface area contributed by atoms with Gasteiger partial charge in [-0.1, -0.05) is 0 Å². The van der Waals surface area contributed by atoms with Gasteiger partial charge in [-0.15, -0.1) is 0 Å². The number of rotatable bonds is 3. The molecule has 0 saturated carbocycles. The molecule has 0 atom stereocenters. The minimum Gasteiger partial charge on any atom is -0.508 e. The molecule has 0 bridgehead atoms. The monoisotopic (exact) mass is 212 g/mol. The summed E-state index contributed by atoms with van der Waals surface area (Å²) >= 11 is 0.